The molecule has 37 heavy (non-hydrogen) atoms. The van der Waals surface area contributed by atoms with E-state index in [1.807, 2.05) is 71.4 Å². The van der Waals surface area contributed by atoms with Gasteiger partial charge in [0.15, 0.2) is 8.68 Å². The van der Waals surface area contributed by atoms with Crippen LogP contribution in [-0.4, -0.2) is 45.0 Å². The molecule has 3 heterocycles. The fourth-order valence-corrected chi connectivity index (χ4v) is 7.61. The van der Waals surface area contributed by atoms with Crippen molar-refractivity contribution in [2.75, 3.05) is 12.4 Å². The zero-order valence-corrected chi connectivity index (χ0v) is 22.7. The van der Waals surface area contributed by atoms with Gasteiger partial charge in [-0.15, -0.1) is 22.7 Å². The lowest BCUT2D eigenvalue weighted by Gasteiger charge is -2.26. The van der Waals surface area contributed by atoms with Crippen molar-refractivity contribution in [1.82, 2.24) is 9.97 Å². The molecule has 0 spiro atoms. The highest BCUT2D eigenvalue weighted by atomic mass is 32.2. The highest BCUT2D eigenvalue weighted by Crippen LogP contribution is 2.47. The van der Waals surface area contributed by atoms with E-state index in [2.05, 4.69) is 9.97 Å². The second kappa shape index (κ2) is 11.1. The van der Waals surface area contributed by atoms with Gasteiger partial charge in [0.2, 0.25) is 5.76 Å². The summed E-state index contributed by atoms with van der Waals surface area (Å²) in [6.45, 7) is 1.76. The molecule has 7 nitrogen and oxygen atoms in total. The molecule has 4 aromatic rings. The number of thiazole rings is 2. The first kappa shape index (κ1) is 25.5. The molecule has 2 aromatic carbocycles. The van der Waals surface area contributed by atoms with E-state index in [0.29, 0.717) is 8.68 Å². The second-order valence-electron chi connectivity index (χ2n) is 7.73. The zero-order chi connectivity index (χ0) is 25.8. The van der Waals surface area contributed by atoms with Crippen LogP contribution in [0.15, 0.2) is 90.8 Å². The maximum absolute atomic E-state index is 13.2. The minimum atomic E-state index is -1.82. The molecular formula is C26H20N2O5S4. The monoisotopic (exact) mass is 568 g/mol. The molecule has 11 heteroatoms. The summed E-state index contributed by atoms with van der Waals surface area (Å²) in [6.07, 6.45) is 0. The summed E-state index contributed by atoms with van der Waals surface area (Å²) in [4.78, 5) is 35.1. The molecule has 1 atom stereocenters. The lowest BCUT2D eigenvalue weighted by molar-refractivity contribution is -0.169. The molecule has 1 unspecified atom stereocenters. The summed E-state index contributed by atoms with van der Waals surface area (Å²) in [5.41, 5.74) is 1.66. The van der Waals surface area contributed by atoms with E-state index in [-0.39, 0.29) is 17.3 Å². The first-order valence-electron chi connectivity index (χ1n) is 11.2. The van der Waals surface area contributed by atoms with Gasteiger partial charge in [-0.25, -0.2) is 19.6 Å². The van der Waals surface area contributed by atoms with Crippen LogP contribution in [0, 0.1) is 0 Å². The Morgan fingerprint density at radius 3 is 2.14 bits per heavy atom. The predicted octanol–water partition coefficient (Wildman–Crippen LogP) is 6.45. The standard InChI is InChI=1S/C26H20N2O5S4/c1-2-32-23(31)26(15-36-24-27-18(13-34-24)16-9-5-3-6-10-16)21(20(29)22(30)33-26)37-25-28-19(14-35-25)17-11-7-4-8-12-17/h3-14,29H,2,15H2,1H3. The van der Waals surface area contributed by atoms with E-state index in [1.165, 1.54) is 34.4 Å². The number of carbonyl (C=O) groups excluding carboxylic acids is 2. The van der Waals surface area contributed by atoms with Gasteiger partial charge in [-0.1, -0.05) is 84.2 Å². The highest BCUT2D eigenvalue weighted by molar-refractivity contribution is 8.05. The zero-order valence-electron chi connectivity index (χ0n) is 19.5. The van der Waals surface area contributed by atoms with Crippen molar-refractivity contribution < 1.29 is 24.2 Å². The lowest BCUT2D eigenvalue weighted by Crippen LogP contribution is -2.44. The summed E-state index contributed by atoms with van der Waals surface area (Å²) in [5, 5.41) is 14.5. The van der Waals surface area contributed by atoms with Gasteiger partial charge in [0, 0.05) is 21.9 Å². The van der Waals surface area contributed by atoms with Gasteiger partial charge in [0.25, 0.3) is 5.60 Å². The first-order chi connectivity index (χ1) is 18.0. The third kappa shape index (κ3) is 5.30. The molecule has 0 radical (unpaired) electrons. The number of carbonyl (C=O) groups is 2. The molecule has 0 bridgehead atoms. The molecule has 5 rings (SSSR count). The van der Waals surface area contributed by atoms with E-state index in [0.717, 1.165) is 34.3 Å². The third-order valence-corrected chi connectivity index (χ3v) is 9.67. The number of ether oxygens (including phenoxy) is 2. The Kier molecular flexibility index (Phi) is 7.65. The van der Waals surface area contributed by atoms with Crippen molar-refractivity contribution in [1.29, 1.82) is 0 Å². The van der Waals surface area contributed by atoms with Crippen LogP contribution in [0.3, 0.4) is 0 Å². The van der Waals surface area contributed by atoms with Gasteiger partial charge < -0.3 is 14.6 Å². The first-order valence-corrected chi connectivity index (χ1v) is 14.7. The molecule has 2 aromatic heterocycles. The lowest BCUT2D eigenvalue weighted by atomic mass is 10.1. The number of hydrogen-bond acceptors (Lipinski definition) is 11. The van der Waals surface area contributed by atoms with Crippen molar-refractivity contribution in [3.05, 3.63) is 82.1 Å². The number of esters is 2. The van der Waals surface area contributed by atoms with E-state index >= 15 is 0 Å². The fraction of sp³-hybridized carbons (Fsp3) is 0.154. The van der Waals surface area contributed by atoms with Gasteiger partial charge in [-0.05, 0) is 6.92 Å². The summed E-state index contributed by atoms with van der Waals surface area (Å²) in [7, 11) is 0. The minimum absolute atomic E-state index is 0.0113. The van der Waals surface area contributed by atoms with Crippen molar-refractivity contribution in [2.24, 2.45) is 0 Å². The number of aliphatic hydroxyl groups is 1. The van der Waals surface area contributed by atoms with Gasteiger partial charge in [0.05, 0.1) is 28.7 Å². The van der Waals surface area contributed by atoms with Gasteiger partial charge >= 0.3 is 11.9 Å². The van der Waals surface area contributed by atoms with E-state index in [9.17, 15) is 14.7 Å². The van der Waals surface area contributed by atoms with Crippen LogP contribution in [0.25, 0.3) is 22.5 Å². The second-order valence-corrected chi connectivity index (χ2v) is 11.9. The number of aliphatic hydroxyl groups excluding tert-OH is 1. The van der Waals surface area contributed by atoms with Crippen molar-refractivity contribution in [3.8, 4) is 22.5 Å². The number of hydrogen-bond donors (Lipinski definition) is 1. The molecule has 0 saturated carbocycles. The van der Waals surface area contributed by atoms with E-state index < -0.39 is 23.3 Å². The smallest absolute Gasteiger partial charge is 0.375 e. The highest BCUT2D eigenvalue weighted by Gasteiger charge is 2.56. The van der Waals surface area contributed by atoms with E-state index in [1.54, 1.807) is 6.92 Å². The molecule has 1 aliphatic heterocycles. The van der Waals surface area contributed by atoms with Crippen LogP contribution < -0.4 is 0 Å². The molecule has 1 N–H and O–H groups in total. The van der Waals surface area contributed by atoms with Gasteiger partial charge in [0.1, 0.15) is 0 Å². The predicted molar refractivity (Wildman–Crippen MR) is 147 cm³/mol. The Bertz CT molecular complexity index is 1450. The number of rotatable bonds is 9. The Labute approximate surface area is 229 Å². The number of aromatic nitrogens is 2. The summed E-state index contributed by atoms with van der Waals surface area (Å²) >= 11 is 5.07. The average Bonchev–Trinajstić information content (AvgIpc) is 3.65. The summed E-state index contributed by atoms with van der Waals surface area (Å²) in [5.74, 6) is -2.34. The number of cyclic esters (lactones) is 1. The Morgan fingerprint density at radius 1 is 0.973 bits per heavy atom. The Morgan fingerprint density at radius 2 is 1.54 bits per heavy atom. The molecule has 0 aliphatic carbocycles. The van der Waals surface area contributed by atoms with Crippen molar-refractivity contribution >= 4 is 58.1 Å². The quantitative estimate of drug-likeness (QED) is 0.180. The third-order valence-electron chi connectivity index (χ3n) is 5.34. The fourth-order valence-electron chi connectivity index (χ4n) is 3.57. The molecule has 0 fully saturated rings. The van der Waals surface area contributed by atoms with Crippen LogP contribution in [0.1, 0.15) is 6.92 Å². The SMILES string of the molecule is CCOC(=O)C1(CSc2nc(-c3ccccc3)cs2)OC(=O)C(O)=C1Sc1nc(-c2ccccc2)cs1. The van der Waals surface area contributed by atoms with Crippen LogP contribution in [0.4, 0.5) is 0 Å². The molecule has 0 saturated heterocycles. The Hall–Kier alpha value is -3.12. The molecule has 1 aliphatic rings. The normalized spacial score (nSPS) is 17.2. The maximum Gasteiger partial charge on any atom is 0.375 e. The molecule has 188 valence electrons. The van der Waals surface area contributed by atoms with Gasteiger partial charge in [-0.3, -0.25) is 0 Å². The maximum atomic E-state index is 13.2. The average molecular weight is 569 g/mol. The van der Waals surface area contributed by atoms with Crippen molar-refractivity contribution in [2.45, 2.75) is 21.2 Å². The number of thioether (sulfide) groups is 2. The molecular weight excluding hydrogens is 549 g/mol. The summed E-state index contributed by atoms with van der Waals surface area (Å²) in [6, 6.07) is 19.4. The van der Waals surface area contributed by atoms with Crippen LogP contribution in [-0.2, 0) is 19.1 Å². The number of benzene rings is 2. The van der Waals surface area contributed by atoms with Gasteiger partial charge in [-0.2, -0.15) is 0 Å². The van der Waals surface area contributed by atoms with Crippen LogP contribution in [0.2, 0.25) is 0 Å². The minimum Gasteiger partial charge on any atom is -0.501 e. The summed E-state index contributed by atoms with van der Waals surface area (Å²) < 4.78 is 12.1. The van der Waals surface area contributed by atoms with Crippen LogP contribution in [0.5, 0.6) is 0 Å². The molecule has 0 amide bonds. The van der Waals surface area contributed by atoms with Crippen molar-refractivity contribution in [3.63, 3.8) is 0 Å². The van der Waals surface area contributed by atoms with E-state index in [4.69, 9.17) is 9.47 Å². The van der Waals surface area contributed by atoms with Crippen LogP contribution >= 0.6 is 46.2 Å². The Balaban J connectivity index is 1.42. The topological polar surface area (TPSA) is 98.6 Å². The largest absolute Gasteiger partial charge is 0.501 e. The number of nitrogens with zero attached hydrogens (tertiary/aromatic N) is 2.